The smallest absolute Gasteiger partial charge is 0.217 e. The van der Waals surface area contributed by atoms with Crippen molar-refractivity contribution in [3.63, 3.8) is 0 Å². The summed E-state index contributed by atoms with van der Waals surface area (Å²) >= 11 is 0. The van der Waals surface area contributed by atoms with E-state index in [-0.39, 0.29) is 5.91 Å². The van der Waals surface area contributed by atoms with Crippen molar-refractivity contribution in [3.8, 4) is 0 Å². The molecule has 98 valence electrons. The van der Waals surface area contributed by atoms with Gasteiger partial charge in [-0.05, 0) is 36.2 Å². The standard InChI is InChI=1S/C16H18N2O/c1-12-5-3-4-6-16(12)18-15-9-7-14(8-10-15)11-17-13(2)19/h3-10,18H,11H2,1-2H3,(H,17,19). The molecule has 3 heteroatoms. The molecule has 2 rings (SSSR count). The zero-order chi connectivity index (χ0) is 13.7. The number of nitrogens with one attached hydrogen (secondary N) is 2. The van der Waals surface area contributed by atoms with Gasteiger partial charge in [-0.15, -0.1) is 0 Å². The van der Waals surface area contributed by atoms with E-state index in [1.165, 1.54) is 12.5 Å². The summed E-state index contributed by atoms with van der Waals surface area (Å²) in [5.74, 6) is -0.0119. The highest BCUT2D eigenvalue weighted by Gasteiger charge is 1.99. The molecule has 0 spiro atoms. The lowest BCUT2D eigenvalue weighted by Gasteiger charge is -2.10. The SMILES string of the molecule is CC(=O)NCc1ccc(Nc2ccccc2C)cc1. The van der Waals surface area contributed by atoms with Crippen LogP contribution < -0.4 is 10.6 Å². The Kier molecular flexibility index (Phi) is 4.18. The first kappa shape index (κ1) is 13.1. The maximum atomic E-state index is 10.8. The molecule has 0 bridgehead atoms. The molecule has 2 aromatic carbocycles. The molecule has 1 amide bonds. The van der Waals surface area contributed by atoms with Crippen LogP contribution in [0.15, 0.2) is 48.5 Å². The normalized spacial score (nSPS) is 10.0. The topological polar surface area (TPSA) is 41.1 Å². The van der Waals surface area contributed by atoms with Gasteiger partial charge in [0.2, 0.25) is 5.91 Å². The number of carbonyl (C=O) groups is 1. The molecule has 0 aromatic heterocycles. The third-order valence-electron chi connectivity index (χ3n) is 2.92. The van der Waals surface area contributed by atoms with E-state index in [1.807, 2.05) is 36.4 Å². The lowest BCUT2D eigenvalue weighted by molar-refractivity contribution is -0.119. The summed E-state index contributed by atoms with van der Waals surface area (Å²) in [7, 11) is 0. The summed E-state index contributed by atoms with van der Waals surface area (Å²) in [6, 6.07) is 16.2. The summed E-state index contributed by atoms with van der Waals surface area (Å²) in [4.78, 5) is 10.8. The van der Waals surface area contributed by atoms with E-state index < -0.39 is 0 Å². The molecule has 3 nitrogen and oxygen atoms in total. The van der Waals surface area contributed by atoms with Crippen molar-refractivity contribution in [2.75, 3.05) is 5.32 Å². The number of para-hydroxylation sites is 1. The number of hydrogen-bond donors (Lipinski definition) is 2. The predicted octanol–water partition coefficient (Wildman–Crippen LogP) is 3.37. The average molecular weight is 254 g/mol. The molecule has 0 atom stereocenters. The van der Waals surface area contributed by atoms with Crippen LogP contribution in [-0.2, 0) is 11.3 Å². The first-order valence-corrected chi connectivity index (χ1v) is 6.31. The number of benzene rings is 2. The summed E-state index contributed by atoms with van der Waals surface area (Å²) in [6.07, 6.45) is 0. The fraction of sp³-hybridized carbons (Fsp3) is 0.188. The van der Waals surface area contributed by atoms with Crippen LogP contribution in [0.25, 0.3) is 0 Å². The fourth-order valence-corrected chi connectivity index (χ4v) is 1.80. The molecule has 19 heavy (non-hydrogen) atoms. The fourth-order valence-electron chi connectivity index (χ4n) is 1.80. The summed E-state index contributed by atoms with van der Waals surface area (Å²) in [5.41, 5.74) is 4.45. The number of rotatable bonds is 4. The third kappa shape index (κ3) is 3.85. The van der Waals surface area contributed by atoms with Gasteiger partial charge in [0.1, 0.15) is 0 Å². The molecule has 0 aliphatic carbocycles. The Labute approximate surface area is 113 Å². The zero-order valence-electron chi connectivity index (χ0n) is 11.2. The molecule has 0 fully saturated rings. The van der Waals surface area contributed by atoms with Crippen molar-refractivity contribution in [2.24, 2.45) is 0 Å². The minimum atomic E-state index is -0.0119. The van der Waals surface area contributed by atoms with Crippen molar-refractivity contribution in [3.05, 3.63) is 59.7 Å². The first-order valence-electron chi connectivity index (χ1n) is 6.31. The molecular formula is C16H18N2O. The number of aryl methyl sites for hydroxylation is 1. The highest BCUT2D eigenvalue weighted by molar-refractivity contribution is 5.72. The molecule has 2 aromatic rings. The van der Waals surface area contributed by atoms with Gasteiger partial charge in [-0.3, -0.25) is 4.79 Å². The minimum Gasteiger partial charge on any atom is -0.355 e. The van der Waals surface area contributed by atoms with Crippen LogP contribution in [0.2, 0.25) is 0 Å². The second-order valence-electron chi connectivity index (χ2n) is 4.55. The van der Waals surface area contributed by atoms with Crippen LogP contribution in [0.1, 0.15) is 18.1 Å². The van der Waals surface area contributed by atoms with Crippen LogP contribution in [-0.4, -0.2) is 5.91 Å². The molecule has 0 aliphatic heterocycles. The largest absolute Gasteiger partial charge is 0.355 e. The Morgan fingerprint density at radius 1 is 1.05 bits per heavy atom. The van der Waals surface area contributed by atoms with Crippen molar-refractivity contribution in [1.82, 2.24) is 5.32 Å². The van der Waals surface area contributed by atoms with E-state index >= 15 is 0 Å². The third-order valence-corrected chi connectivity index (χ3v) is 2.92. The van der Waals surface area contributed by atoms with E-state index in [9.17, 15) is 4.79 Å². The Bertz CT molecular complexity index is 561. The monoisotopic (exact) mass is 254 g/mol. The van der Waals surface area contributed by atoms with Gasteiger partial charge in [-0.2, -0.15) is 0 Å². The van der Waals surface area contributed by atoms with Gasteiger partial charge < -0.3 is 10.6 Å². The minimum absolute atomic E-state index is 0.0119. The van der Waals surface area contributed by atoms with E-state index in [0.29, 0.717) is 6.54 Å². The first-order chi connectivity index (χ1) is 9.15. The average Bonchev–Trinajstić information content (AvgIpc) is 2.40. The van der Waals surface area contributed by atoms with E-state index in [0.717, 1.165) is 16.9 Å². The van der Waals surface area contributed by atoms with Crippen molar-refractivity contribution >= 4 is 17.3 Å². The number of amides is 1. The van der Waals surface area contributed by atoms with Crippen LogP contribution in [0.3, 0.4) is 0 Å². The van der Waals surface area contributed by atoms with Crippen molar-refractivity contribution in [1.29, 1.82) is 0 Å². The van der Waals surface area contributed by atoms with Crippen LogP contribution in [0.5, 0.6) is 0 Å². The molecule has 0 radical (unpaired) electrons. The molecule has 0 aliphatic rings. The van der Waals surface area contributed by atoms with Crippen molar-refractivity contribution < 1.29 is 4.79 Å². The summed E-state index contributed by atoms with van der Waals surface area (Å²) in [5, 5.41) is 6.16. The number of carbonyl (C=O) groups excluding carboxylic acids is 1. The molecule has 0 saturated carbocycles. The van der Waals surface area contributed by atoms with Crippen molar-refractivity contribution in [2.45, 2.75) is 20.4 Å². The maximum absolute atomic E-state index is 10.8. The number of hydrogen-bond acceptors (Lipinski definition) is 2. The Morgan fingerprint density at radius 2 is 1.74 bits per heavy atom. The molecule has 2 N–H and O–H groups in total. The van der Waals surface area contributed by atoms with Gasteiger partial charge in [0.25, 0.3) is 0 Å². The quantitative estimate of drug-likeness (QED) is 0.878. The summed E-state index contributed by atoms with van der Waals surface area (Å²) in [6.45, 7) is 4.17. The van der Waals surface area contributed by atoms with Gasteiger partial charge in [0, 0.05) is 24.8 Å². The lowest BCUT2D eigenvalue weighted by Crippen LogP contribution is -2.18. The lowest BCUT2D eigenvalue weighted by atomic mass is 10.1. The van der Waals surface area contributed by atoms with E-state index in [4.69, 9.17) is 0 Å². The van der Waals surface area contributed by atoms with Gasteiger partial charge in [-0.25, -0.2) is 0 Å². The Hall–Kier alpha value is -2.29. The second-order valence-corrected chi connectivity index (χ2v) is 4.55. The van der Waals surface area contributed by atoms with Crippen LogP contribution in [0.4, 0.5) is 11.4 Å². The molecule has 0 saturated heterocycles. The molecule has 0 heterocycles. The van der Waals surface area contributed by atoms with E-state index in [2.05, 4.69) is 29.7 Å². The van der Waals surface area contributed by atoms with E-state index in [1.54, 1.807) is 0 Å². The van der Waals surface area contributed by atoms with Gasteiger partial charge in [0.05, 0.1) is 0 Å². The predicted molar refractivity (Wildman–Crippen MR) is 78.4 cm³/mol. The summed E-state index contributed by atoms with van der Waals surface area (Å²) < 4.78 is 0. The molecule has 0 unspecified atom stereocenters. The zero-order valence-corrected chi connectivity index (χ0v) is 11.2. The van der Waals surface area contributed by atoms with Crippen LogP contribution in [0, 0.1) is 6.92 Å². The van der Waals surface area contributed by atoms with Gasteiger partial charge in [-0.1, -0.05) is 30.3 Å². The van der Waals surface area contributed by atoms with Gasteiger partial charge >= 0.3 is 0 Å². The van der Waals surface area contributed by atoms with Gasteiger partial charge in [0.15, 0.2) is 0 Å². The Balaban J connectivity index is 2.03. The highest BCUT2D eigenvalue weighted by Crippen LogP contribution is 2.20. The Morgan fingerprint density at radius 3 is 2.37 bits per heavy atom. The molecular weight excluding hydrogens is 236 g/mol. The second kappa shape index (κ2) is 6.05. The highest BCUT2D eigenvalue weighted by atomic mass is 16.1. The van der Waals surface area contributed by atoms with Crippen LogP contribution >= 0.6 is 0 Å². The number of anilines is 2. The maximum Gasteiger partial charge on any atom is 0.217 e.